The first-order valence-corrected chi connectivity index (χ1v) is 5.55. The molecule has 1 aliphatic heterocycles. The first kappa shape index (κ1) is 11.2. The van der Waals surface area contributed by atoms with Crippen LogP contribution >= 0.6 is 0 Å². The molecule has 2 unspecified atom stereocenters. The smallest absolute Gasteiger partial charge is 0.142 e. The molecule has 0 amide bonds. The maximum absolute atomic E-state index is 5.65. The van der Waals surface area contributed by atoms with Crippen LogP contribution in [-0.2, 0) is 4.74 Å². The fraction of sp³-hybridized carbons (Fsp3) is 0.500. The quantitative estimate of drug-likeness (QED) is 0.812. The van der Waals surface area contributed by atoms with E-state index in [1.54, 1.807) is 7.11 Å². The molecule has 1 fully saturated rings. The van der Waals surface area contributed by atoms with Gasteiger partial charge in [-0.3, -0.25) is 0 Å². The minimum absolute atomic E-state index is 0.0298. The van der Waals surface area contributed by atoms with E-state index in [4.69, 9.17) is 9.47 Å². The van der Waals surface area contributed by atoms with Crippen molar-refractivity contribution in [2.45, 2.75) is 19.2 Å². The average Bonchev–Trinajstić information content (AvgIpc) is 2.33. The summed E-state index contributed by atoms with van der Waals surface area (Å²) in [6.07, 6.45) is 0.0298. The van der Waals surface area contributed by atoms with Gasteiger partial charge in [-0.15, -0.1) is 0 Å². The topological polar surface area (TPSA) is 42.5 Å². The summed E-state index contributed by atoms with van der Waals surface area (Å²) in [5.41, 5.74) is 1.04. The van der Waals surface area contributed by atoms with Gasteiger partial charge < -0.3 is 20.1 Å². The van der Waals surface area contributed by atoms with Gasteiger partial charge in [0.25, 0.3) is 0 Å². The standard InChI is InChI=1S/C12H18N2O2/c1-9-12(16-8-7-13-9)14-10-3-5-11(15-2)6-4-10/h3-6,9,12-14H,7-8H2,1-2H3. The fourth-order valence-corrected chi connectivity index (χ4v) is 1.74. The van der Waals surface area contributed by atoms with E-state index in [9.17, 15) is 0 Å². The predicted molar refractivity (Wildman–Crippen MR) is 63.8 cm³/mol. The Morgan fingerprint density at radius 3 is 2.75 bits per heavy atom. The number of morpholine rings is 1. The molecule has 0 radical (unpaired) electrons. The Morgan fingerprint density at radius 1 is 1.38 bits per heavy atom. The Bertz CT molecular complexity index is 326. The maximum Gasteiger partial charge on any atom is 0.142 e. The lowest BCUT2D eigenvalue weighted by Gasteiger charge is -2.31. The van der Waals surface area contributed by atoms with Crippen LogP contribution in [-0.4, -0.2) is 32.5 Å². The van der Waals surface area contributed by atoms with Crippen molar-refractivity contribution in [3.8, 4) is 5.75 Å². The predicted octanol–water partition coefficient (Wildman–Crippen LogP) is 1.44. The van der Waals surface area contributed by atoms with Gasteiger partial charge in [-0.1, -0.05) is 0 Å². The Labute approximate surface area is 95.9 Å². The molecule has 0 bridgehead atoms. The highest BCUT2D eigenvalue weighted by Crippen LogP contribution is 2.17. The van der Waals surface area contributed by atoms with Crippen LogP contribution in [0.3, 0.4) is 0 Å². The molecule has 16 heavy (non-hydrogen) atoms. The van der Waals surface area contributed by atoms with Crippen molar-refractivity contribution < 1.29 is 9.47 Å². The zero-order valence-electron chi connectivity index (χ0n) is 9.69. The molecule has 0 spiro atoms. The summed E-state index contributed by atoms with van der Waals surface area (Å²) < 4.78 is 10.8. The van der Waals surface area contributed by atoms with Gasteiger partial charge in [-0.2, -0.15) is 0 Å². The lowest BCUT2D eigenvalue weighted by molar-refractivity contribution is 0.0194. The van der Waals surface area contributed by atoms with Crippen LogP contribution in [0, 0.1) is 0 Å². The first-order valence-electron chi connectivity index (χ1n) is 5.55. The van der Waals surface area contributed by atoms with Crippen molar-refractivity contribution in [2.75, 3.05) is 25.6 Å². The van der Waals surface area contributed by atoms with E-state index >= 15 is 0 Å². The highest BCUT2D eigenvalue weighted by atomic mass is 16.5. The summed E-state index contributed by atoms with van der Waals surface area (Å²) in [5, 5.41) is 6.70. The molecule has 4 nitrogen and oxygen atoms in total. The lowest BCUT2D eigenvalue weighted by atomic mass is 10.2. The summed E-state index contributed by atoms with van der Waals surface area (Å²) in [5.74, 6) is 0.862. The van der Waals surface area contributed by atoms with E-state index in [0.717, 1.165) is 24.6 Å². The third-order valence-corrected chi connectivity index (χ3v) is 2.72. The van der Waals surface area contributed by atoms with E-state index in [2.05, 4.69) is 17.6 Å². The third kappa shape index (κ3) is 2.65. The molecular formula is C12H18N2O2. The minimum Gasteiger partial charge on any atom is -0.497 e. The van der Waals surface area contributed by atoms with Gasteiger partial charge in [0.05, 0.1) is 13.7 Å². The SMILES string of the molecule is COc1ccc(NC2OCCNC2C)cc1. The fourth-order valence-electron chi connectivity index (χ4n) is 1.74. The lowest BCUT2D eigenvalue weighted by Crippen LogP contribution is -2.50. The monoisotopic (exact) mass is 222 g/mol. The van der Waals surface area contributed by atoms with Crippen LogP contribution in [0.15, 0.2) is 24.3 Å². The number of ether oxygens (including phenoxy) is 2. The zero-order chi connectivity index (χ0) is 11.4. The number of methoxy groups -OCH3 is 1. The first-order chi connectivity index (χ1) is 7.79. The largest absolute Gasteiger partial charge is 0.497 e. The number of anilines is 1. The molecule has 88 valence electrons. The molecule has 1 heterocycles. The van der Waals surface area contributed by atoms with E-state index in [1.165, 1.54) is 0 Å². The molecule has 1 aliphatic rings. The molecule has 2 N–H and O–H groups in total. The Morgan fingerprint density at radius 2 is 2.12 bits per heavy atom. The van der Waals surface area contributed by atoms with Crippen molar-refractivity contribution in [3.05, 3.63) is 24.3 Å². The Hall–Kier alpha value is -1.26. The van der Waals surface area contributed by atoms with E-state index in [0.29, 0.717) is 6.04 Å². The second-order valence-electron chi connectivity index (χ2n) is 3.91. The van der Waals surface area contributed by atoms with Gasteiger partial charge in [0.1, 0.15) is 12.0 Å². The molecule has 0 aromatic heterocycles. The molecule has 0 saturated carbocycles. The Kier molecular flexibility index (Phi) is 3.64. The molecule has 4 heteroatoms. The van der Waals surface area contributed by atoms with Crippen LogP contribution < -0.4 is 15.4 Å². The summed E-state index contributed by atoms with van der Waals surface area (Å²) in [6.45, 7) is 3.78. The molecule has 1 aromatic carbocycles. The van der Waals surface area contributed by atoms with Gasteiger partial charge in [0.2, 0.25) is 0 Å². The molecule has 1 aromatic rings. The molecule has 2 rings (SSSR count). The zero-order valence-corrected chi connectivity index (χ0v) is 9.69. The van der Waals surface area contributed by atoms with Crippen LogP contribution in [0.5, 0.6) is 5.75 Å². The highest BCUT2D eigenvalue weighted by Gasteiger charge is 2.20. The van der Waals surface area contributed by atoms with Gasteiger partial charge in [0.15, 0.2) is 0 Å². The van der Waals surface area contributed by atoms with E-state index in [1.807, 2.05) is 24.3 Å². The van der Waals surface area contributed by atoms with Crippen molar-refractivity contribution >= 4 is 5.69 Å². The second-order valence-corrected chi connectivity index (χ2v) is 3.91. The van der Waals surface area contributed by atoms with Gasteiger partial charge in [0, 0.05) is 18.3 Å². The van der Waals surface area contributed by atoms with Crippen molar-refractivity contribution in [1.29, 1.82) is 0 Å². The minimum atomic E-state index is 0.0298. The maximum atomic E-state index is 5.65. The summed E-state index contributed by atoms with van der Waals surface area (Å²) in [6, 6.07) is 8.16. The van der Waals surface area contributed by atoms with Crippen LogP contribution in [0.1, 0.15) is 6.92 Å². The molecule has 2 atom stereocenters. The van der Waals surface area contributed by atoms with Crippen LogP contribution in [0.4, 0.5) is 5.69 Å². The van der Waals surface area contributed by atoms with Gasteiger partial charge in [-0.05, 0) is 31.2 Å². The molecule has 0 aliphatic carbocycles. The third-order valence-electron chi connectivity index (χ3n) is 2.72. The Balaban J connectivity index is 1.96. The number of rotatable bonds is 3. The van der Waals surface area contributed by atoms with Crippen LogP contribution in [0.2, 0.25) is 0 Å². The number of benzene rings is 1. The average molecular weight is 222 g/mol. The highest BCUT2D eigenvalue weighted by molar-refractivity contribution is 5.46. The van der Waals surface area contributed by atoms with Gasteiger partial charge in [-0.25, -0.2) is 0 Å². The number of hydrogen-bond donors (Lipinski definition) is 2. The normalized spacial score (nSPS) is 25.1. The van der Waals surface area contributed by atoms with Gasteiger partial charge >= 0.3 is 0 Å². The van der Waals surface area contributed by atoms with Crippen LogP contribution in [0.25, 0.3) is 0 Å². The molecular weight excluding hydrogens is 204 g/mol. The number of hydrogen-bond acceptors (Lipinski definition) is 4. The van der Waals surface area contributed by atoms with E-state index < -0.39 is 0 Å². The summed E-state index contributed by atoms with van der Waals surface area (Å²) >= 11 is 0. The van der Waals surface area contributed by atoms with Crippen molar-refractivity contribution in [1.82, 2.24) is 5.32 Å². The van der Waals surface area contributed by atoms with E-state index in [-0.39, 0.29) is 6.23 Å². The second kappa shape index (κ2) is 5.18. The van der Waals surface area contributed by atoms with Crippen molar-refractivity contribution in [3.63, 3.8) is 0 Å². The summed E-state index contributed by atoms with van der Waals surface area (Å²) in [4.78, 5) is 0. The summed E-state index contributed by atoms with van der Waals surface area (Å²) in [7, 11) is 1.67. The number of nitrogens with one attached hydrogen (secondary N) is 2. The van der Waals surface area contributed by atoms with Crippen molar-refractivity contribution in [2.24, 2.45) is 0 Å². The molecule has 1 saturated heterocycles.